The average Bonchev–Trinajstić information content (AvgIpc) is 2.71. The van der Waals surface area contributed by atoms with E-state index in [1.807, 2.05) is 0 Å². The molecule has 4 heteroatoms. The molecule has 170 valence electrons. The highest BCUT2D eigenvalue weighted by molar-refractivity contribution is 4.46. The van der Waals surface area contributed by atoms with Crippen LogP contribution in [-0.2, 0) is 18.9 Å². The Hall–Kier alpha value is -0.160. The molecule has 0 aliphatic carbocycles. The average molecular weight is 403 g/mol. The minimum Gasteiger partial charge on any atom is -0.379 e. The van der Waals surface area contributed by atoms with Crippen molar-refractivity contribution in [1.82, 2.24) is 0 Å². The van der Waals surface area contributed by atoms with Gasteiger partial charge in [0.05, 0.1) is 39.6 Å². The third-order valence-corrected chi connectivity index (χ3v) is 4.90. The molecule has 0 saturated carbocycles. The topological polar surface area (TPSA) is 36.9 Å². The van der Waals surface area contributed by atoms with E-state index in [1.165, 1.54) is 89.9 Å². The van der Waals surface area contributed by atoms with Crippen molar-refractivity contribution in [2.45, 2.75) is 104 Å². The molecule has 0 fully saturated rings. The highest BCUT2D eigenvalue weighted by Gasteiger charge is 1.95. The third-order valence-electron chi connectivity index (χ3n) is 4.90. The predicted octanol–water partition coefficient (Wildman–Crippen LogP) is 6.55. The van der Waals surface area contributed by atoms with Crippen molar-refractivity contribution < 1.29 is 18.9 Å². The predicted molar refractivity (Wildman–Crippen MR) is 119 cm³/mol. The summed E-state index contributed by atoms with van der Waals surface area (Å²) in [6, 6.07) is 0. The largest absolute Gasteiger partial charge is 0.379 e. The Labute approximate surface area is 176 Å². The fourth-order valence-electron chi connectivity index (χ4n) is 3.08. The Morgan fingerprint density at radius 1 is 0.286 bits per heavy atom. The molecule has 0 aromatic carbocycles. The van der Waals surface area contributed by atoms with Crippen molar-refractivity contribution in [3.05, 3.63) is 0 Å². The molecular formula is C24H50O4. The minimum absolute atomic E-state index is 0.637. The molecule has 4 nitrogen and oxygen atoms in total. The first kappa shape index (κ1) is 27.8. The fraction of sp³-hybridized carbons (Fsp3) is 1.00. The van der Waals surface area contributed by atoms with E-state index in [4.69, 9.17) is 18.9 Å². The van der Waals surface area contributed by atoms with E-state index in [-0.39, 0.29) is 0 Å². The maximum Gasteiger partial charge on any atom is 0.0701 e. The molecule has 0 aliphatic rings. The van der Waals surface area contributed by atoms with E-state index in [2.05, 4.69) is 13.8 Å². The normalized spacial score (nSPS) is 11.4. The van der Waals surface area contributed by atoms with E-state index in [0.717, 1.165) is 13.2 Å². The van der Waals surface area contributed by atoms with Crippen LogP contribution < -0.4 is 0 Å². The lowest BCUT2D eigenvalue weighted by Gasteiger charge is -2.07. The van der Waals surface area contributed by atoms with Gasteiger partial charge in [-0.3, -0.25) is 0 Å². The summed E-state index contributed by atoms with van der Waals surface area (Å²) < 4.78 is 22.2. The van der Waals surface area contributed by atoms with Crippen molar-refractivity contribution in [3.8, 4) is 0 Å². The Balaban J connectivity index is 2.96. The van der Waals surface area contributed by atoms with Crippen LogP contribution >= 0.6 is 0 Å². The molecule has 0 saturated heterocycles. The van der Waals surface area contributed by atoms with Crippen LogP contribution in [0.15, 0.2) is 0 Å². The third kappa shape index (κ3) is 25.8. The summed E-state index contributed by atoms with van der Waals surface area (Å²) in [6.07, 6.45) is 18.6. The zero-order chi connectivity index (χ0) is 20.4. The van der Waals surface area contributed by atoms with Gasteiger partial charge in [0.1, 0.15) is 0 Å². The van der Waals surface area contributed by atoms with Crippen LogP contribution in [0, 0.1) is 0 Å². The molecule has 0 rings (SSSR count). The molecule has 0 amide bonds. The molecule has 0 radical (unpaired) electrons. The molecule has 0 spiro atoms. The molecular weight excluding hydrogens is 352 g/mol. The number of hydrogen-bond acceptors (Lipinski definition) is 4. The smallest absolute Gasteiger partial charge is 0.0701 e. The molecule has 0 aliphatic heterocycles. The van der Waals surface area contributed by atoms with Crippen LogP contribution in [0.5, 0.6) is 0 Å². The molecule has 0 atom stereocenters. The van der Waals surface area contributed by atoms with Gasteiger partial charge in [-0.05, 0) is 12.8 Å². The van der Waals surface area contributed by atoms with Crippen molar-refractivity contribution in [1.29, 1.82) is 0 Å². The van der Waals surface area contributed by atoms with Gasteiger partial charge in [-0.1, -0.05) is 90.9 Å². The van der Waals surface area contributed by atoms with E-state index in [9.17, 15) is 0 Å². The summed E-state index contributed by atoms with van der Waals surface area (Å²) in [5.74, 6) is 0. The molecule has 0 aromatic rings. The Morgan fingerprint density at radius 2 is 0.536 bits per heavy atom. The highest BCUT2D eigenvalue weighted by Crippen LogP contribution is 2.07. The van der Waals surface area contributed by atoms with E-state index in [0.29, 0.717) is 39.6 Å². The van der Waals surface area contributed by atoms with Crippen molar-refractivity contribution in [2.24, 2.45) is 0 Å². The number of ether oxygens (including phenoxy) is 4. The Kier molecular flexibility index (Phi) is 26.7. The highest BCUT2D eigenvalue weighted by atomic mass is 16.6. The lowest BCUT2D eigenvalue weighted by Crippen LogP contribution is -2.12. The second-order valence-corrected chi connectivity index (χ2v) is 7.69. The first-order chi connectivity index (χ1) is 13.9. The lowest BCUT2D eigenvalue weighted by atomic mass is 10.1. The first-order valence-electron chi connectivity index (χ1n) is 12.2. The summed E-state index contributed by atoms with van der Waals surface area (Å²) >= 11 is 0. The van der Waals surface area contributed by atoms with Crippen LogP contribution in [0.3, 0.4) is 0 Å². The molecule has 0 aromatic heterocycles. The van der Waals surface area contributed by atoms with Gasteiger partial charge in [-0.25, -0.2) is 0 Å². The summed E-state index contributed by atoms with van der Waals surface area (Å²) in [7, 11) is 0. The Bertz CT molecular complexity index is 235. The van der Waals surface area contributed by atoms with Gasteiger partial charge >= 0.3 is 0 Å². The fourth-order valence-corrected chi connectivity index (χ4v) is 3.08. The van der Waals surface area contributed by atoms with E-state index in [1.54, 1.807) is 0 Å². The SMILES string of the molecule is CCCCCCCCCOCCOCCOCCOCCCCCCCCC. The van der Waals surface area contributed by atoms with E-state index < -0.39 is 0 Å². The maximum atomic E-state index is 5.59. The molecule has 0 unspecified atom stereocenters. The van der Waals surface area contributed by atoms with Gasteiger partial charge in [0, 0.05) is 13.2 Å². The first-order valence-corrected chi connectivity index (χ1v) is 12.2. The zero-order valence-corrected chi connectivity index (χ0v) is 19.2. The standard InChI is InChI=1S/C24H50O4/c1-3-5-7-9-11-13-15-17-25-19-21-27-23-24-28-22-20-26-18-16-14-12-10-8-6-4-2/h3-24H2,1-2H3. The second-order valence-electron chi connectivity index (χ2n) is 7.69. The van der Waals surface area contributed by atoms with Crippen LogP contribution in [-0.4, -0.2) is 52.9 Å². The van der Waals surface area contributed by atoms with Gasteiger partial charge in [0.2, 0.25) is 0 Å². The van der Waals surface area contributed by atoms with Gasteiger partial charge in [0.15, 0.2) is 0 Å². The maximum absolute atomic E-state index is 5.59. The molecule has 0 N–H and O–H groups in total. The molecule has 0 bridgehead atoms. The van der Waals surface area contributed by atoms with E-state index >= 15 is 0 Å². The minimum atomic E-state index is 0.637. The van der Waals surface area contributed by atoms with Gasteiger partial charge in [-0.15, -0.1) is 0 Å². The van der Waals surface area contributed by atoms with Crippen molar-refractivity contribution >= 4 is 0 Å². The van der Waals surface area contributed by atoms with Crippen LogP contribution in [0.1, 0.15) is 104 Å². The van der Waals surface area contributed by atoms with Gasteiger partial charge < -0.3 is 18.9 Å². The van der Waals surface area contributed by atoms with Gasteiger partial charge in [-0.2, -0.15) is 0 Å². The van der Waals surface area contributed by atoms with Gasteiger partial charge in [0.25, 0.3) is 0 Å². The summed E-state index contributed by atoms with van der Waals surface area (Å²) in [4.78, 5) is 0. The number of unbranched alkanes of at least 4 members (excludes halogenated alkanes) is 12. The van der Waals surface area contributed by atoms with Crippen LogP contribution in [0.2, 0.25) is 0 Å². The number of rotatable bonds is 25. The quantitative estimate of drug-likeness (QED) is 0.162. The second kappa shape index (κ2) is 26.8. The van der Waals surface area contributed by atoms with Crippen molar-refractivity contribution in [3.63, 3.8) is 0 Å². The lowest BCUT2D eigenvalue weighted by molar-refractivity contribution is -0.00248. The number of hydrogen-bond donors (Lipinski definition) is 0. The van der Waals surface area contributed by atoms with Crippen molar-refractivity contribution in [2.75, 3.05) is 52.9 Å². The Morgan fingerprint density at radius 3 is 0.857 bits per heavy atom. The summed E-state index contributed by atoms with van der Waals surface area (Å²) in [5.41, 5.74) is 0. The summed E-state index contributed by atoms with van der Waals surface area (Å²) in [5, 5.41) is 0. The van der Waals surface area contributed by atoms with Crippen LogP contribution in [0.25, 0.3) is 0 Å². The summed E-state index contributed by atoms with van der Waals surface area (Å²) in [6.45, 7) is 10.2. The van der Waals surface area contributed by atoms with Crippen LogP contribution in [0.4, 0.5) is 0 Å². The monoisotopic (exact) mass is 402 g/mol. The molecule has 0 heterocycles. The molecule has 28 heavy (non-hydrogen) atoms. The zero-order valence-electron chi connectivity index (χ0n) is 19.2.